The van der Waals surface area contributed by atoms with E-state index in [9.17, 15) is 9.59 Å². The molecule has 0 aromatic heterocycles. The van der Waals surface area contributed by atoms with Gasteiger partial charge in [-0.1, -0.05) is 11.6 Å². The molecular weight excluding hydrogens is 284 g/mol. The summed E-state index contributed by atoms with van der Waals surface area (Å²) in [6.45, 7) is 7.86. The first-order chi connectivity index (χ1) is 10.2. The van der Waals surface area contributed by atoms with E-state index in [0.717, 1.165) is 5.56 Å². The van der Waals surface area contributed by atoms with Crippen molar-refractivity contribution in [2.75, 3.05) is 20.2 Å². The van der Waals surface area contributed by atoms with Crippen LogP contribution in [0.2, 0.25) is 0 Å². The Kier molecular flexibility index (Phi) is 6.22. The van der Waals surface area contributed by atoms with Gasteiger partial charge in [0.1, 0.15) is 11.4 Å². The minimum Gasteiger partial charge on any atom is -0.496 e. The second-order valence-corrected chi connectivity index (χ2v) is 5.89. The van der Waals surface area contributed by atoms with Gasteiger partial charge in [0, 0.05) is 13.1 Å². The fourth-order valence-corrected chi connectivity index (χ4v) is 1.75. The van der Waals surface area contributed by atoms with E-state index in [4.69, 9.17) is 9.47 Å². The SMILES string of the molecule is COc1ccc(C)cc1C(=O)NCCNC(=O)OC(C)(C)C. The smallest absolute Gasteiger partial charge is 0.407 e. The maximum Gasteiger partial charge on any atom is 0.407 e. The molecule has 6 nitrogen and oxygen atoms in total. The normalized spacial score (nSPS) is 10.8. The number of nitrogens with one attached hydrogen (secondary N) is 2. The number of hydrogen-bond acceptors (Lipinski definition) is 4. The first-order valence-electron chi connectivity index (χ1n) is 7.12. The summed E-state index contributed by atoms with van der Waals surface area (Å²) in [5, 5.41) is 5.31. The van der Waals surface area contributed by atoms with Crippen LogP contribution in [0.4, 0.5) is 4.79 Å². The van der Waals surface area contributed by atoms with Crippen LogP contribution in [0.1, 0.15) is 36.7 Å². The highest BCUT2D eigenvalue weighted by atomic mass is 16.6. The van der Waals surface area contributed by atoms with Crippen molar-refractivity contribution in [3.63, 3.8) is 0 Å². The largest absolute Gasteiger partial charge is 0.496 e. The van der Waals surface area contributed by atoms with Gasteiger partial charge in [0.2, 0.25) is 0 Å². The first-order valence-corrected chi connectivity index (χ1v) is 7.12. The van der Waals surface area contributed by atoms with E-state index < -0.39 is 11.7 Å². The predicted octanol–water partition coefficient (Wildman–Crippen LogP) is 2.26. The molecular formula is C16H24N2O4. The van der Waals surface area contributed by atoms with Crippen LogP contribution in [0.25, 0.3) is 0 Å². The van der Waals surface area contributed by atoms with E-state index in [-0.39, 0.29) is 12.5 Å². The third-order valence-electron chi connectivity index (χ3n) is 2.68. The van der Waals surface area contributed by atoms with E-state index in [1.165, 1.54) is 7.11 Å². The number of carbonyl (C=O) groups excluding carboxylic acids is 2. The number of alkyl carbamates (subject to hydrolysis) is 1. The Morgan fingerprint density at radius 2 is 1.77 bits per heavy atom. The second kappa shape index (κ2) is 7.68. The van der Waals surface area contributed by atoms with E-state index in [1.807, 2.05) is 13.0 Å². The Morgan fingerprint density at radius 3 is 2.36 bits per heavy atom. The van der Waals surface area contributed by atoms with Crippen LogP contribution in [-0.2, 0) is 4.74 Å². The van der Waals surface area contributed by atoms with Crippen molar-refractivity contribution in [2.45, 2.75) is 33.3 Å². The van der Waals surface area contributed by atoms with Crippen LogP contribution >= 0.6 is 0 Å². The van der Waals surface area contributed by atoms with E-state index in [2.05, 4.69) is 10.6 Å². The minimum atomic E-state index is -0.539. The highest BCUT2D eigenvalue weighted by Crippen LogP contribution is 2.19. The van der Waals surface area contributed by atoms with E-state index in [0.29, 0.717) is 17.9 Å². The lowest BCUT2D eigenvalue weighted by Crippen LogP contribution is -2.37. The fourth-order valence-electron chi connectivity index (χ4n) is 1.75. The molecule has 0 heterocycles. The summed E-state index contributed by atoms with van der Waals surface area (Å²) in [6, 6.07) is 5.39. The minimum absolute atomic E-state index is 0.244. The molecule has 1 aromatic carbocycles. The van der Waals surface area contributed by atoms with Gasteiger partial charge in [-0.15, -0.1) is 0 Å². The Hall–Kier alpha value is -2.24. The zero-order chi connectivity index (χ0) is 16.8. The van der Waals surface area contributed by atoms with Crippen LogP contribution < -0.4 is 15.4 Å². The molecule has 0 atom stereocenters. The number of rotatable bonds is 5. The van der Waals surface area contributed by atoms with Crippen molar-refractivity contribution in [1.29, 1.82) is 0 Å². The zero-order valence-corrected chi connectivity index (χ0v) is 13.8. The molecule has 0 saturated carbocycles. The summed E-state index contributed by atoms with van der Waals surface area (Å²) in [6.07, 6.45) is -0.505. The lowest BCUT2D eigenvalue weighted by Gasteiger charge is -2.19. The maximum absolute atomic E-state index is 12.1. The van der Waals surface area contributed by atoms with Gasteiger partial charge in [-0.2, -0.15) is 0 Å². The zero-order valence-electron chi connectivity index (χ0n) is 13.8. The predicted molar refractivity (Wildman–Crippen MR) is 84.3 cm³/mol. The highest BCUT2D eigenvalue weighted by Gasteiger charge is 2.16. The second-order valence-electron chi connectivity index (χ2n) is 5.89. The number of benzene rings is 1. The molecule has 0 saturated heterocycles. The summed E-state index contributed by atoms with van der Waals surface area (Å²) in [5.41, 5.74) is 0.903. The van der Waals surface area contributed by atoms with Crippen molar-refractivity contribution in [3.8, 4) is 5.75 Å². The number of amides is 2. The van der Waals surface area contributed by atoms with E-state index in [1.54, 1.807) is 32.9 Å². The molecule has 0 fully saturated rings. The molecule has 1 aromatic rings. The van der Waals surface area contributed by atoms with Gasteiger partial charge in [-0.3, -0.25) is 4.79 Å². The Bertz CT molecular complexity index is 535. The molecule has 1 rings (SSSR count). The summed E-state index contributed by atoms with van der Waals surface area (Å²) < 4.78 is 10.3. The van der Waals surface area contributed by atoms with Crippen molar-refractivity contribution in [3.05, 3.63) is 29.3 Å². The van der Waals surface area contributed by atoms with E-state index >= 15 is 0 Å². The topological polar surface area (TPSA) is 76.7 Å². The summed E-state index contributed by atoms with van der Waals surface area (Å²) >= 11 is 0. The van der Waals surface area contributed by atoms with Gasteiger partial charge in [0.25, 0.3) is 5.91 Å². The third kappa shape index (κ3) is 6.03. The monoisotopic (exact) mass is 308 g/mol. The van der Waals surface area contributed by atoms with Crippen LogP contribution in [-0.4, -0.2) is 37.8 Å². The van der Waals surface area contributed by atoms with Crippen LogP contribution in [0.3, 0.4) is 0 Å². The molecule has 2 amide bonds. The Labute approximate surface area is 131 Å². The molecule has 122 valence electrons. The van der Waals surface area contributed by atoms with Crippen LogP contribution in [0, 0.1) is 6.92 Å². The summed E-state index contributed by atoms with van der Waals surface area (Å²) in [7, 11) is 1.52. The highest BCUT2D eigenvalue weighted by molar-refractivity contribution is 5.97. The molecule has 0 unspecified atom stereocenters. The van der Waals surface area contributed by atoms with Crippen molar-refractivity contribution in [2.24, 2.45) is 0 Å². The Morgan fingerprint density at radius 1 is 1.14 bits per heavy atom. The molecule has 22 heavy (non-hydrogen) atoms. The van der Waals surface area contributed by atoms with Crippen molar-refractivity contribution in [1.82, 2.24) is 10.6 Å². The molecule has 2 N–H and O–H groups in total. The number of carbonyl (C=O) groups is 2. The molecule has 0 spiro atoms. The quantitative estimate of drug-likeness (QED) is 0.818. The molecule has 0 aliphatic carbocycles. The molecule has 6 heteroatoms. The van der Waals surface area contributed by atoms with Crippen molar-refractivity contribution >= 4 is 12.0 Å². The Balaban J connectivity index is 2.44. The average molecular weight is 308 g/mol. The average Bonchev–Trinajstić information content (AvgIpc) is 2.41. The maximum atomic E-state index is 12.1. The standard InChI is InChI=1S/C16H24N2O4/c1-11-6-7-13(21-5)12(10-11)14(19)17-8-9-18-15(20)22-16(2,3)4/h6-7,10H,8-9H2,1-5H3,(H,17,19)(H,18,20). The fraction of sp³-hybridized carbons (Fsp3) is 0.500. The van der Waals surface area contributed by atoms with Gasteiger partial charge >= 0.3 is 6.09 Å². The number of methoxy groups -OCH3 is 1. The van der Waals surface area contributed by atoms with Gasteiger partial charge in [0.15, 0.2) is 0 Å². The molecule has 0 radical (unpaired) electrons. The molecule has 0 aliphatic rings. The molecule has 0 bridgehead atoms. The van der Waals surface area contributed by atoms with Crippen LogP contribution in [0.5, 0.6) is 5.75 Å². The number of hydrogen-bond donors (Lipinski definition) is 2. The summed E-state index contributed by atoms with van der Waals surface area (Å²) in [5.74, 6) is 0.273. The molecule has 0 aliphatic heterocycles. The van der Waals surface area contributed by atoms with Gasteiger partial charge in [-0.25, -0.2) is 4.79 Å². The van der Waals surface area contributed by atoms with Gasteiger partial charge in [-0.05, 0) is 39.8 Å². The third-order valence-corrected chi connectivity index (χ3v) is 2.68. The lowest BCUT2D eigenvalue weighted by molar-refractivity contribution is 0.0526. The lowest BCUT2D eigenvalue weighted by atomic mass is 10.1. The summed E-state index contributed by atoms with van der Waals surface area (Å²) in [4.78, 5) is 23.6. The van der Waals surface area contributed by atoms with Gasteiger partial charge < -0.3 is 20.1 Å². The van der Waals surface area contributed by atoms with Crippen LogP contribution in [0.15, 0.2) is 18.2 Å². The first kappa shape index (κ1) is 17.8. The van der Waals surface area contributed by atoms with Gasteiger partial charge in [0.05, 0.1) is 12.7 Å². The number of aryl methyl sites for hydroxylation is 1. The number of ether oxygens (including phenoxy) is 2. The van der Waals surface area contributed by atoms with Crippen molar-refractivity contribution < 1.29 is 19.1 Å².